The highest BCUT2D eigenvalue weighted by molar-refractivity contribution is 5.96. The monoisotopic (exact) mass is 438 g/mol. The average molecular weight is 438 g/mol. The van der Waals surface area contributed by atoms with Crippen molar-refractivity contribution in [3.05, 3.63) is 66.1 Å². The maximum atomic E-state index is 14.1. The molecule has 0 atom stereocenters. The highest BCUT2D eigenvalue weighted by Gasteiger charge is 2.18. The molecule has 0 aliphatic rings. The fourth-order valence-electron chi connectivity index (χ4n) is 4.13. The number of halogens is 1. The van der Waals surface area contributed by atoms with Crippen molar-refractivity contribution in [1.29, 1.82) is 0 Å². The Morgan fingerprint density at radius 2 is 1.88 bits per heavy atom. The van der Waals surface area contributed by atoms with Gasteiger partial charge in [-0.2, -0.15) is 5.10 Å². The lowest BCUT2D eigenvalue weighted by molar-refractivity contribution is 0.627. The Balaban J connectivity index is 1.52. The first-order chi connectivity index (χ1) is 16.0. The van der Waals surface area contributed by atoms with Gasteiger partial charge in [0.15, 0.2) is 11.5 Å². The first-order valence-electron chi connectivity index (χ1n) is 10.4. The van der Waals surface area contributed by atoms with Crippen molar-refractivity contribution in [3.63, 3.8) is 0 Å². The summed E-state index contributed by atoms with van der Waals surface area (Å²) in [5, 5.41) is 8.39. The van der Waals surface area contributed by atoms with Crippen molar-refractivity contribution < 1.29 is 4.39 Å². The van der Waals surface area contributed by atoms with Crippen LogP contribution in [-0.4, -0.2) is 39.7 Å². The number of hydrogen-bond acceptors (Lipinski definition) is 5. The molecule has 1 aromatic carbocycles. The lowest BCUT2D eigenvalue weighted by atomic mass is 10.0. The molecule has 6 rings (SSSR count). The Labute approximate surface area is 187 Å². The van der Waals surface area contributed by atoms with Crippen LogP contribution in [-0.2, 0) is 7.05 Å². The molecular weight excluding hydrogens is 419 g/mol. The number of hydrogen-bond donors (Lipinski definition) is 2. The summed E-state index contributed by atoms with van der Waals surface area (Å²) in [5.41, 5.74) is 6.86. The third-order valence-electron chi connectivity index (χ3n) is 5.90. The van der Waals surface area contributed by atoms with Gasteiger partial charge < -0.3 is 9.55 Å². The third kappa shape index (κ3) is 3.08. The topological polar surface area (TPSA) is 101 Å². The summed E-state index contributed by atoms with van der Waals surface area (Å²) in [6.07, 6.45) is 5.24. The van der Waals surface area contributed by atoms with Gasteiger partial charge in [0, 0.05) is 24.2 Å². The molecule has 8 nitrogen and oxygen atoms in total. The first-order valence-corrected chi connectivity index (χ1v) is 10.4. The van der Waals surface area contributed by atoms with Crippen molar-refractivity contribution in [2.45, 2.75) is 13.8 Å². The van der Waals surface area contributed by atoms with E-state index in [0.29, 0.717) is 17.2 Å². The summed E-state index contributed by atoms with van der Waals surface area (Å²) in [7, 11) is 1.96. The van der Waals surface area contributed by atoms with Gasteiger partial charge >= 0.3 is 0 Å². The van der Waals surface area contributed by atoms with E-state index in [-0.39, 0.29) is 5.82 Å². The third-order valence-corrected chi connectivity index (χ3v) is 5.90. The van der Waals surface area contributed by atoms with Crippen LogP contribution in [0.4, 0.5) is 4.39 Å². The molecule has 162 valence electrons. The van der Waals surface area contributed by atoms with Crippen LogP contribution in [0.2, 0.25) is 0 Å². The molecule has 0 aliphatic carbocycles. The number of aryl methyl sites for hydroxylation is 2. The van der Waals surface area contributed by atoms with Gasteiger partial charge in [-0.05, 0) is 49.2 Å². The lowest BCUT2D eigenvalue weighted by Gasteiger charge is -2.04. The van der Waals surface area contributed by atoms with E-state index >= 15 is 0 Å². The van der Waals surface area contributed by atoms with Gasteiger partial charge in [-0.15, -0.1) is 0 Å². The molecule has 2 N–H and O–H groups in total. The van der Waals surface area contributed by atoms with Gasteiger partial charge in [0.05, 0.1) is 34.8 Å². The fourth-order valence-corrected chi connectivity index (χ4v) is 4.13. The molecule has 9 heteroatoms. The number of imidazole rings is 2. The molecule has 0 bridgehead atoms. The number of rotatable bonds is 3. The van der Waals surface area contributed by atoms with Crippen LogP contribution in [0.15, 0.2) is 48.9 Å². The quantitative estimate of drug-likeness (QED) is 0.416. The van der Waals surface area contributed by atoms with E-state index < -0.39 is 0 Å². The second kappa shape index (κ2) is 7.06. The molecule has 0 unspecified atom stereocenters. The number of benzene rings is 1. The maximum Gasteiger partial charge on any atom is 0.178 e. The van der Waals surface area contributed by atoms with Crippen molar-refractivity contribution >= 4 is 22.1 Å². The zero-order valence-electron chi connectivity index (χ0n) is 18.2. The summed E-state index contributed by atoms with van der Waals surface area (Å²) in [4.78, 5) is 21.4. The number of fused-ring (bicyclic) bond motifs is 2. The Hall–Kier alpha value is -4.40. The molecule has 0 fully saturated rings. The molecule has 0 amide bonds. The zero-order valence-corrected chi connectivity index (χ0v) is 18.2. The van der Waals surface area contributed by atoms with Crippen molar-refractivity contribution in [2.75, 3.05) is 0 Å². The van der Waals surface area contributed by atoms with Crippen LogP contribution in [0, 0.1) is 19.7 Å². The van der Waals surface area contributed by atoms with Gasteiger partial charge in [0.25, 0.3) is 0 Å². The molecule has 0 saturated heterocycles. The van der Waals surface area contributed by atoms with E-state index in [1.807, 2.05) is 49.9 Å². The van der Waals surface area contributed by atoms with Gasteiger partial charge in [-0.3, -0.25) is 10.1 Å². The Morgan fingerprint density at radius 3 is 2.67 bits per heavy atom. The van der Waals surface area contributed by atoms with Gasteiger partial charge in [0.2, 0.25) is 0 Å². The van der Waals surface area contributed by atoms with E-state index in [9.17, 15) is 4.39 Å². The average Bonchev–Trinajstić information content (AvgIpc) is 3.49. The van der Waals surface area contributed by atoms with Crippen LogP contribution in [0.1, 0.15) is 11.4 Å². The molecule has 5 aromatic heterocycles. The van der Waals surface area contributed by atoms with Gasteiger partial charge in [-0.1, -0.05) is 6.07 Å². The molecular formula is C24H19FN8. The van der Waals surface area contributed by atoms with Crippen LogP contribution in [0.5, 0.6) is 0 Å². The molecule has 0 saturated carbocycles. The van der Waals surface area contributed by atoms with E-state index in [1.165, 1.54) is 12.1 Å². The predicted molar refractivity (Wildman–Crippen MR) is 124 cm³/mol. The summed E-state index contributed by atoms with van der Waals surface area (Å²) in [6, 6.07) is 8.79. The Morgan fingerprint density at radius 1 is 1.00 bits per heavy atom. The second-order valence-electron chi connectivity index (χ2n) is 8.10. The van der Waals surface area contributed by atoms with Gasteiger partial charge in [0.1, 0.15) is 17.3 Å². The minimum atomic E-state index is -0.279. The lowest BCUT2D eigenvalue weighted by Crippen LogP contribution is -1.95. The van der Waals surface area contributed by atoms with E-state index in [4.69, 9.17) is 0 Å². The number of aromatic nitrogens is 8. The molecule has 0 aliphatic heterocycles. The second-order valence-corrected chi connectivity index (χ2v) is 8.10. The molecule has 0 radical (unpaired) electrons. The van der Waals surface area contributed by atoms with Gasteiger partial charge in [-0.25, -0.2) is 19.3 Å². The number of H-pyrrole nitrogens is 2. The van der Waals surface area contributed by atoms with Crippen LogP contribution in [0.25, 0.3) is 56.1 Å². The van der Waals surface area contributed by atoms with E-state index in [2.05, 4.69) is 35.1 Å². The molecule has 6 aromatic rings. The number of nitrogens with one attached hydrogen (secondary N) is 2. The standard InChI is InChI=1S/C24H19FN8/c1-12-6-14(8-15(25)7-12)16-4-5-26-23-21(16)29-24(30-23)22-17-9-18(28-10-19(17)31-32-22)20-11-27-13(2)33(20)3/h4-11H,1-3H3,(H,31,32)(H,26,29,30). The normalized spacial score (nSPS) is 11.6. The SMILES string of the molecule is Cc1cc(F)cc(-c2ccnc3nc(-c4n[nH]c5cnc(-c6cnc(C)n6C)cc45)[nH]c23)c1. The van der Waals surface area contributed by atoms with Crippen molar-refractivity contribution in [2.24, 2.45) is 7.05 Å². The fraction of sp³-hybridized carbons (Fsp3) is 0.125. The number of nitrogens with zero attached hydrogens (tertiary/aromatic N) is 6. The Bertz CT molecular complexity index is 1650. The highest BCUT2D eigenvalue weighted by Crippen LogP contribution is 2.32. The highest BCUT2D eigenvalue weighted by atomic mass is 19.1. The maximum absolute atomic E-state index is 14.1. The Kier molecular flexibility index (Phi) is 4.13. The summed E-state index contributed by atoms with van der Waals surface area (Å²) in [5.74, 6) is 1.20. The first kappa shape index (κ1) is 19.3. The number of pyridine rings is 2. The smallest absolute Gasteiger partial charge is 0.178 e. The minimum Gasteiger partial charge on any atom is -0.335 e. The minimum absolute atomic E-state index is 0.279. The van der Waals surface area contributed by atoms with Crippen LogP contribution < -0.4 is 0 Å². The summed E-state index contributed by atoms with van der Waals surface area (Å²) >= 11 is 0. The molecule has 5 heterocycles. The number of aromatic amines is 2. The van der Waals surface area contributed by atoms with E-state index in [0.717, 1.165) is 50.3 Å². The molecule has 0 spiro atoms. The van der Waals surface area contributed by atoms with E-state index in [1.54, 1.807) is 12.4 Å². The van der Waals surface area contributed by atoms with Crippen molar-refractivity contribution in [3.8, 4) is 34.0 Å². The van der Waals surface area contributed by atoms with Crippen LogP contribution in [0.3, 0.4) is 0 Å². The largest absolute Gasteiger partial charge is 0.335 e. The molecule has 33 heavy (non-hydrogen) atoms. The zero-order chi connectivity index (χ0) is 22.7. The van der Waals surface area contributed by atoms with Crippen LogP contribution >= 0.6 is 0 Å². The summed E-state index contributed by atoms with van der Waals surface area (Å²) in [6.45, 7) is 3.82. The predicted octanol–water partition coefficient (Wildman–Crippen LogP) is 4.72. The summed E-state index contributed by atoms with van der Waals surface area (Å²) < 4.78 is 16.0. The van der Waals surface area contributed by atoms with Crippen molar-refractivity contribution in [1.82, 2.24) is 39.7 Å².